The summed E-state index contributed by atoms with van der Waals surface area (Å²) in [6.45, 7) is 6.23. The van der Waals surface area contributed by atoms with Crippen molar-refractivity contribution in [1.82, 2.24) is 14.9 Å². The summed E-state index contributed by atoms with van der Waals surface area (Å²) in [4.78, 5) is 43.5. The lowest BCUT2D eigenvalue weighted by Crippen LogP contribution is -2.35. The molecule has 3 rings (SSSR count). The molecule has 2 aromatic heterocycles. The number of aryl methyl sites for hydroxylation is 1. The van der Waals surface area contributed by atoms with Gasteiger partial charge in [0.1, 0.15) is 17.1 Å². The van der Waals surface area contributed by atoms with E-state index in [2.05, 4.69) is 15.6 Å². The number of hydrogen-bond acceptors (Lipinski definition) is 8. The smallest absolute Gasteiger partial charge is 0.262 e. The van der Waals surface area contributed by atoms with Crippen molar-refractivity contribution >= 4 is 39.1 Å². The number of methoxy groups -OCH3 is 1. The lowest BCUT2D eigenvalue weighted by atomic mass is 10.2. The third kappa shape index (κ3) is 5.79. The van der Waals surface area contributed by atoms with Gasteiger partial charge in [-0.3, -0.25) is 19.0 Å². The van der Waals surface area contributed by atoms with Crippen molar-refractivity contribution in [2.75, 3.05) is 32.2 Å². The van der Waals surface area contributed by atoms with E-state index in [9.17, 15) is 14.4 Å². The largest absolute Gasteiger partial charge is 0.495 e. The van der Waals surface area contributed by atoms with E-state index in [-0.39, 0.29) is 19.0 Å². The lowest BCUT2D eigenvalue weighted by Gasteiger charge is -2.17. The third-order valence-corrected chi connectivity index (χ3v) is 6.15. The average molecular weight is 489 g/mol. The molecule has 182 valence electrons. The van der Waals surface area contributed by atoms with Crippen LogP contribution in [0.4, 0.5) is 5.69 Å². The second-order valence-electron chi connectivity index (χ2n) is 7.21. The van der Waals surface area contributed by atoms with Gasteiger partial charge in [-0.05, 0) is 38.5 Å². The zero-order chi connectivity index (χ0) is 24.7. The van der Waals surface area contributed by atoms with Gasteiger partial charge in [-0.2, -0.15) is 0 Å². The van der Waals surface area contributed by atoms with Gasteiger partial charge in [-0.15, -0.1) is 11.3 Å². The summed E-state index contributed by atoms with van der Waals surface area (Å²) in [6, 6.07) is 6.99. The van der Waals surface area contributed by atoms with Crippen LogP contribution in [0, 0.1) is 6.92 Å². The molecule has 2 amide bonds. The molecule has 0 atom stereocenters. The number of hydrogen-bond donors (Lipinski definition) is 2. The third-order valence-electron chi connectivity index (χ3n) is 4.95. The fraction of sp³-hybridized carbons (Fsp3) is 0.391. The van der Waals surface area contributed by atoms with Crippen molar-refractivity contribution in [1.29, 1.82) is 0 Å². The Labute approximate surface area is 200 Å². The van der Waals surface area contributed by atoms with E-state index >= 15 is 0 Å². The van der Waals surface area contributed by atoms with E-state index in [1.165, 1.54) is 18.0 Å². The van der Waals surface area contributed by atoms with Crippen LogP contribution in [0.25, 0.3) is 10.2 Å². The Morgan fingerprint density at radius 1 is 1.18 bits per heavy atom. The van der Waals surface area contributed by atoms with Gasteiger partial charge in [-0.1, -0.05) is 12.1 Å². The first kappa shape index (κ1) is 25.3. The van der Waals surface area contributed by atoms with Gasteiger partial charge in [0, 0.05) is 13.2 Å². The molecule has 0 unspecified atom stereocenters. The van der Waals surface area contributed by atoms with Crippen molar-refractivity contribution in [2.24, 2.45) is 0 Å². The highest BCUT2D eigenvalue weighted by atomic mass is 32.1. The van der Waals surface area contributed by atoms with Crippen LogP contribution in [0.15, 0.2) is 35.4 Å². The highest BCUT2D eigenvalue weighted by Crippen LogP contribution is 2.27. The van der Waals surface area contributed by atoms with Crippen LogP contribution in [0.5, 0.6) is 5.75 Å². The molecule has 3 aromatic rings. The van der Waals surface area contributed by atoms with Crippen LogP contribution in [0.3, 0.4) is 0 Å². The summed E-state index contributed by atoms with van der Waals surface area (Å²) in [5.74, 6) is -0.238. The van der Waals surface area contributed by atoms with Gasteiger partial charge < -0.3 is 24.8 Å². The maximum atomic E-state index is 13.1. The predicted octanol–water partition coefficient (Wildman–Crippen LogP) is 2.54. The van der Waals surface area contributed by atoms with Crippen LogP contribution in [0.1, 0.15) is 29.1 Å². The number of para-hydroxylation sites is 2. The molecule has 10 nitrogen and oxygen atoms in total. The Morgan fingerprint density at radius 2 is 1.88 bits per heavy atom. The molecule has 0 radical (unpaired) electrons. The first-order valence-corrected chi connectivity index (χ1v) is 11.6. The Hall–Kier alpha value is -3.28. The monoisotopic (exact) mass is 488 g/mol. The molecule has 0 aliphatic carbocycles. The van der Waals surface area contributed by atoms with Gasteiger partial charge >= 0.3 is 0 Å². The molecule has 0 bridgehead atoms. The highest BCUT2D eigenvalue weighted by Gasteiger charge is 2.21. The molecule has 2 N–H and O–H groups in total. The SMILES string of the molecule is CCOC(CNC(=O)c1sc2ncn(CC(=O)Nc3ccccc3OC)c(=O)c2c1C)OCC. The van der Waals surface area contributed by atoms with Crippen molar-refractivity contribution in [3.63, 3.8) is 0 Å². The number of anilines is 1. The normalized spacial score (nSPS) is 11.1. The Bertz CT molecular complexity index is 1220. The zero-order valence-electron chi connectivity index (χ0n) is 19.5. The number of rotatable bonds is 11. The second kappa shape index (κ2) is 11.7. The van der Waals surface area contributed by atoms with Gasteiger partial charge in [0.15, 0.2) is 6.29 Å². The molecule has 34 heavy (non-hydrogen) atoms. The maximum Gasteiger partial charge on any atom is 0.262 e. The van der Waals surface area contributed by atoms with Gasteiger partial charge in [-0.25, -0.2) is 4.98 Å². The van der Waals surface area contributed by atoms with Gasteiger partial charge in [0.2, 0.25) is 5.91 Å². The molecule has 2 heterocycles. The van der Waals surface area contributed by atoms with E-state index in [0.717, 1.165) is 11.3 Å². The molecule has 0 spiro atoms. The highest BCUT2D eigenvalue weighted by molar-refractivity contribution is 7.20. The first-order valence-electron chi connectivity index (χ1n) is 10.8. The number of carbonyl (C=O) groups is 2. The van der Waals surface area contributed by atoms with Crippen molar-refractivity contribution in [3.8, 4) is 5.75 Å². The summed E-state index contributed by atoms with van der Waals surface area (Å²) in [5.41, 5.74) is 0.619. The molecule has 11 heteroatoms. The fourth-order valence-electron chi connectivity index (χ4n) is 3.37. The molecular weight excluding hydrogens is 460 g/mol. The number of ether oxygens (including phenoxy) is 3. The molecule has 0 fully saturated rings. The Balaban J connectivity index is 1.77. The Kier molecular flexibility index (Phi) is 8.74. The fourth-order valence-corrected chi connectivity index (χ4v) is 4.43. The number of nitrogens with zero attached hydrogens (tertiary/aromatic N) is 2. The van der Waals surface area contributed by atoms with Crippen LogP contribution in [-0.2, 0) is 20.8 Å². The molecule has 0 aliphatic heterocycles. The number of aromatic nitrogens is 2. The second-order valence-corrected chi connectivity index (χ2v) is 8.21. The minimum atomic E-state index is -0.550. The first-order chi connectivity index (χ1) is 16.4. The number of thiophene rings is 1. The van der Waals surface area contributed by atoms with E-state index < -0.39 is 17.8 Å². The number of carbonyl (C=O) groups excluding carboxylic acids is 2. The summed E-state index contributed by atoms with van der Waals surface area (Å²) < 4.78 is 17.3. The standard InChI is InChI=1S/C23H28N4O6S/c1-5-32-18(33-6-2)11-24-21(29)20-14(3)19-22(34-20)25-13-27(23(19)30)12-17(28)26-15-9-7-8-10-16(15)31-4/h7-10,13,18H,5-6,11-12H2,1-4H3,(H,24,29)(H,26,28). The zero-order valence-corrected chi connectivity index (χ0v) is 20.4. The molecule has 0 saturated heterocycles. The predicted molar refractivity (Wildman–Crippen MR) is 130 cm³/mol. The summed E-state index contributed by atoms with van der Waals surface area (Å²) in [5, 5.41) is 5.83. The van der Waals surface area contributed by atoms with Crippen molar-refractivity contribution in [2.45, 2.75) is 33.6 Å². The number of benzene rings is 1. The van der Waals surface area contributed by atoms with E-state index in [0.29, 0.717) is 45.3 Å². The molecule has 0 saturated carbocycles. The molecule has 0 aliphatic rings. The van der Waals surface area contributed by atoms with Gasteiger partial charge in [0.25, 0.3) is 11.5 Å². The van der Waals surface area contributed by atoms with Crippen LogP contribution in [0.2, 0.25) is 0 Å². The topological polar surface area (TPSA) is 121 Å². The summed E-state index contributed by atoms with van der Waals surface area (Å²) in [6.07, 6.45) is 0.760. The lowest BCUT2D eigenvalue weighted by molar-refractivity contribution is -0.131. The van der Waals surface area contributed by atoms with E-state index in [4.69, 9.17) is 14.2 Å². The molecular formula is C23H28N4O6S. The molecule has 1 aromatic carbocycles. The average Bonchev–Trinajstić information content (AvgIpc) is 3.17. The van der Waals surface area contributed by atoms with Crippen LogP contribution in [-0.4, -0.2) is 54.5 Å². The van der Waals surface area contributed by atoms with Gasteiger partial charge in [0.05, 0.1) is 35.9 Å². The number of nitrogens with one attached hydrogen (secondary N) is 2. The summed E-state index contributed by atoms with van der Waals surface area (Å²) in [7, 11) is 1.51. The Morgan fingerprint density at radius 3 is 2.56 bits per heavy atom. The van der Waals surface area contributed by atoms with Crippen LogP contribution < -0.4 is 20.9 Å². The van der Waals surface area contributed by atoms with Crippen molar-refractivity contribution in [3.05, 3.63) is 51.4 Å². The van der Waals surface area contributed by atoms with Crippen LogP contribution >= 0.6 is 11.3 Å². The maximum absolute atomic E-state index is 13.1. The van der Waals surface area contributed by atoms with Crippen molar-refractivity contribution < 1.29 is 23.8 Å². The summed E-state index contributed by atoms with van der Waals surface area (Å²) >= 11 is 1.12. The minimum absolute atomic E-state index is 0.176. The van der Waals surface area contributed by atoms with E-state index in [1.54, 1.807) is 31.2 Å². The minimum Gasteiger partial charge on any atom is -0.495 e. The quantitative estimate of drug-likeness (QED) is 0.398. The number of fused-ring (bicyclic) bond motifs is 1. The van der Waals surface area contributed by atoms with E-state index in [1.807, 2.05) is 13.8 Å². The number of amides is 2.